The van der Waals surface area contributed by atoms with Gasteiger partial charge in [-0.05, 0) is 72.1 Å². The molecule has 0 saturated carbocycles. The monoisotopic (exact) mass is 578 g/mol. The molecule has 0 bridgehead atoms. The van der Waals surface area contributed by atoms with Crippen LogP contribution in [0.25, 0.3) is 16.0 Å². The number of amides is 1. The predicted molar refractivity (Wildman–Crippen MR) is 161 cm³/mol. The zero-order chi connectivity index (χ0) is 29.4. The van der Waals surface area contributed by atoms with Gasteiger partial charge in [-0.2, -0.15) is 0 Å². The summed E-state index contributed by atoms with van der Waals surface area (Å²) in [4.78, 5) is 33.0. The molecule has 1 aliphatic rings. The first kappa shape index (κ1) is 27.0. The van der Waals surface area contributed by atoms with Crippen LogP contribution in [0.2, 0.25) is 0 Å². The van der Waals surface area contributed by atoms with Gasteiger partial charge in [-0.1, -0.05) is 53.8 Å². The fraction of sp³-hybridized carbons (Fsp3) is 0.121. The van der Waals surface area contributed by atoms with Gasteiger partial charge >= 0.3 is 5.91 Å². The number of aryl methyl sites for hydroxylation is 1. The summed E-state index contributed by atoms with van der Waals surface area (Å²) >= 11 is 1.24. The van der Waals surface area contributed by atoms with Gasteiger partial charge in [0.15, 0.2) is 5.13 Å². The van der Waals surface area contributed by atoms with Gasteiger partial charge in [0.1, 0.15) is 29.6 Å². The number of anilines is 1. The van der Waals surface area contributed by atoms with Crippen molar-refractivity contribution in [2.24, 2.45) is 0 Å². The number of phenols is 1. The lowest BCUT2D eigenvalue weighted by molar-refractivity contribution is -0.132. The predicted octanol–water partition coefficient (Wildman–Crippen LogP) is 6.52. The highest BCUT2D eigenvalue weighted by molar-refractivity contribution is 7.22. The number of rotatable bonds is 7. The van der Waals surface area contributed by atoms with Crippen molar-refractivity contribution in [3.8, 4) is 17.2 Å². The summed E-state index contributed by atoms with van der Waals surface area (Å²) in [6.45, 7) is 2.23. The SMILES string of the molecule is COc1ccc2nc(N3C(=O)C(=O)/C(=C(/O)c4ccc(OCc5ccccc5)c(C)c4)C3c3ccc(O)cc3)sc2c1. The van der Waals surface area contributed by atoms with Crippen molar-refractivity contribution in [1.29, 1.82) is 0 Å². The van der Waals surface area contributed by atoms with E-state index in [1.54, 1.807) is 49.6 Å². The molecule has 1 atom stereocenters. The molecule has 9 heteroatoms. The van der Waals surface area contributed by atoms with Crippen LogP contribution in [0.4, 0.5) is 5.13 Å². The number of thiazole rings is 1. The normalized spacial score (nSPS) is 16.2. The minimum Gasteiger partial charge on any atom is -0.508 e. The average molecular weight is 579 g/mol. The number of methoxy groups -OCH3 is 1. The van der Waals surface area contributed by atoms with Crippen LogP contribution in [0.1, 0.15) is 28.3 Å². The van der Waals surface area contributed by atoms with E-state index in [2.05, 4.69) is 4.98 Å². The summed E-state index contributed by atoms with van der Waals surface area (Å²) in [6, 6.07) is 25.5. The molecule has 1 unspecified atom stereocenters. The van der Waals surface area contributed by atoms with Crippen molar-refractivity contribution in [3.63, 3.8) is 0 Å². The van der Waals surface area contributed by atoms with Gasteiger partial charge in [0.05, 0.1) is 28.9 Å². The first-order chi connectivity index (χ1) is 20.3. The van der Waals surface area contributed by atoms with E-state index in [9.17, 15) is 19.8 Å². The first-order valence-corrected chi connectivity index (χ1v) is 14.0. The number of aromatic nitrogens is 1. The van der Waals surface area contributed by atoms with Gasteiger partial charge in [0.2, 0.25) is 0 Å². The number of aliphatic hydroxyl groups is 1. The number of benzene rings is 4. The van der Waals surface area contributed by atoms with Crippen molar-refractivity contribution >= 4 is 44.1 Å². The van der Waals surface area contributed by atoms with Gasteiger partial charge in [0.25, 0.3) is 5.78 Å². The summed E-state index contributed by atoms with van der Waals surface area (Å²) in [6.07, 6.45) is 0. The number of nitrogens with zero attached hydrogens (tertiary/aromatic N) is 2. The fourth-order valence-corrected chi connectivity index (χ4v) is 5.99. The molecule has 0 spiro atoms. The van der Waals surface area contributed by atoms with Crippen LogP contribution in [0.5, 0.6) is 17.2 Å². The van der Waals surface area contributed by atoms with Gasteiger partial charge in [-0.15, -0.1) is 0 Å². The Bertz CT molecular complexity index is 1850. The zero-order valence-electron chi connectivity index (χ0n) is 22.8. The highest BCUT2D eigenvalue weighted by Gasteiger charge is 2.48. The molecule has 0 radical (unpaired) electrons. The number of ether oxygens (including phenoxy) is 2. The van der Waals surface area contributed by atoms with E-state index in [1.165, 1.54) is 28.4 Å². The molecule has 1 amide bonds. The molecular formula is C33H26N2O6S. The Morgan fingerprint density at radius 3 is 2.45 bits per heavy atom. The zero-order valence-corrected chi connectivity index (χ0v) is 23.6. The number of phenolic OH excluding ortho intramolecular Hbond substituents is 1. The smallest absolute Gasteiger partial charge is 0.301 e. The van der Waals surface area contributed by atoms with Gasteiger partial charge in [0, 0.05) is 5.56 Å². The molecule has 5 aromatic rings. The number of aliphatic hydroxyl groups excluding tert-OH is 1. The summed E-state index contributed by atoms with van der Waals surface area (Å²) in [5, 5.41) is 21.8. The van der Waals surface area contributed by atoms with Crippen LogP contribution < -0.4 is 14.4 Å². The standard InChI is InChI=1S/C33H26N2O6S/c1-19-16-22(10-15-26(19)41-18-20-6-4-3-5-7-20)30(37)28-29(21-8-11-23(36)12-9-21)35(32(39)31(28)38)33-34-25-14-13-24(40-2)17-27(25)42-33/h3-17,29,36-37H,18H2,1-2H3/b30-28+. The maximum Gasteiger partial charge on any atom is 0.301 e. The number of aromatic hydroxyl groups is 1. The number of fused-ring (bicyclic) bond motifs is 1. The van der Waals surface area contributed by atoms with Crippen LogP contribution in [0.15, 0.2) is 96.6 Å². The lowest BCUT2D eigenvalue weighted by atomic mass is 9.95. The number of carbonyl (C=O) groups excluding carboxylic acids is 2. The van der Waals surface area contributed by atoms with E-state index in [4.69, 9.17) is 9.47 Å². The van der Waals surface area contributed by atoms with Crippen LogP contribution >= 0.6 is 11.3 Å². The third-order valence-corrected chi connectivity index (χ3v) is 8.15. The molecule has 8 nitrogen and oxygen atoms in total. The number of hydrogen-bond donors (Lipinski definition) is 2. The number of carbonyl (C=O) groups is 2. The van der Waals surface area contributed by atoms with Gasteiger partial charge in [-0.3, -0.25) is 14.5 Å². The molecule has 210 valence electrons. The van der Waals surface area contributed by atoms with Crippen molar-refractivity contribution in [1.82, 2.24) is 4.98 Å². The minimum absolute atomic E-state index is 0.0319. The summed E-state index contributed by atoms with van der Waals surface area (Å²) in [7, 11) is 1.57. The second-order valence-electron chi connectivity index (χ2n) is 9.85. The van der Waals surface area contributed by atoms with Crippen molar-refractivity contribution in [2.75, 3.05) is 12.0 Å². The van der Waals surface area contributed by atoms with E-state index in [1.807, 2.05) is 43.3 Å². The van der Waals surface area contributed by atoms with E-state index < -0.39 is 17.7 Å². The third-order valence-electron chi connectivity index (χ3n) is 7.13. The molecule has 2 heterocycles. The maximum absolute atomic E-state index is 13.6. The summed E-state index contributed by atoms with van der Waals surface area (Å²) in [5.41, 5.74) is 3.25. The van der Waals surface area contributed by atoms with Crippen LogP contribution in [0, 0.1) is 6.92 Å². The Balaban J connectivity index is 1.42. The quantitative estimate of drug-likeness (QED) is 0.128. The largest absolute Gasteiger partial charge is 0.508 e. The van der Waals surface area contributed by atoms with Crippen molar-refractivity contribution in [2.45, 2.75) is 19.6 Å². The summed E-state index contributed by atoms with van der Waals surface area (Å²) in [5.74, 6) is -0.638. The lowest BCUT2D eigenvalue weighted by Crippen LogP contribution is -2.29. The second kappa shape index (κ2) is 11.0. The maximum atomic E-state index is 13.6. The Morgan fingerprint density at radius 2 is 1.74 bits per heavy atom. The Morgan fingerprint density at radius 1 is 0.976 bits per heavy atom. The van der Waals surface area contributed by atoms with E-state index in [-0.39, 0.29) is 17.1 Å². The molecule has 42 heavy (non-hydrogen) atoms. The Labute approximate surface area is 245 Å². The molecule has 1 aliphatic heterocycles. The fourth-order valence-electron chi connectivity index (χ4n) is 4.97. The highest BCUT2D eigenvalue weighted by atomic mass is 32.1. The number of hydrogen-bond acceptors (Lipinski definition) is 8. The van der Waals surface area contributed by atoms with Gasteiger partial charge in [-0.25, -0.2) is 4.98 Å². The van der Waals surface area contributed by atoms with Crippen LogP contribution in [-0.4, -0.2) is 34.0 Å². The van der Waals surface area contributed by atoms with Crippen molar-refractivity contribution in [3.05, 3.63) is 119 Å². The summed E-state index contributed by atoms with van der Waals surface area (Å²) < 4.78 is 12.1. The lowest BCUT2D eigenvalue weighted by Gasteiger charge is -2.23. The molecule has 4 aromatic carbocycles. The molecule has 0 aliphatic carbocycles. The Hall–Kier alpha value is -5.15. The minimum atomic E-state index is -0.970. The highest BCUT2D eigenvalue weighted by Crippen LogP contribution is 2.45. The van der Waals surface area contributed by atoms with Gasteiger partial charge < -0.3 is 19.7 Å². The molecule has 6 rings (SSSR count). The number of ketones is 1. The van der Waals surface area contributed by atoms with Crippen LogP contribution in [0.3, 0.4) is 0 Å². The van der Waals surface area contributed by atoms with Crippen molar-refractivity contribution < 1.29 is 29.3 Å². The molecule has 1 fully saturated rings. The molecule has 1 saturated heterocycles. The molecule has 1 aromatic heterocycles. The topological polar surface area (TPSA) is 109 Å². The van der Waals surface area contributed by atoms with Crippen LogP contribution in [-0.2, 0) is 16.2 Å². The number of Topliss-reactive ketones (excluding diaryl/α,β-unsaturated/α-hetero) is 1. The van der Waals surface area contributed by atoms with E-state index in [0.717, 1.165) is 15.8 Å². The average Bonchev–Trinajstić information content (AvgIpc) is 3.54. The Kier molecular flexibility index (Phi) is 7.10. The molecular weight excluding hydrogens is 552 g/mol. The van der Waals surface area contributed by atoms with E-state index >= 15 is 0 Å². The second-order valence-corrected chi connectivity index (χ2v) is 10.9. The molecule has 2 N–H and O–H groups in total. The first-order valence-electron chi connectivity index (χ1n) is 13.2. The third kappa shape index (κ3) is 4.95. The van der Waals surface area contributed by atoms with E-state index in [0.29, 0.717) is 39.9 Å².